The van der Waals surface area contributed by atoms with Crippen molar-refractivity contribution < 1.29 is 14.3 Å². The summed E-state index contributed by atoms with van der Waals surface area (Å²) in [5.74, 6) is 0.469. The minimum Gasteiger partial charge on any atom is -0.497 e. The molecule has 188 valence electrons. The molecule has 1 aliphatic carbocycles. The first-order valence-electron chi connectivity index (χ1n) is 12.8. The number of carbonyl (C=O) groups is 2. The van der Waals surface area contributed by atoms with Crippen molar-refractivity contribution in [2.75, 3.05) is 7.11 Å². The lowest BCUT2D eigenvalue weighted by Gasteiger charge is -2.44. The standard InChI is InChI=1S/C29H34N4O3/c1-20-9-7-8-10-22(20)18-32-27(34)26-17-25(21-13-15-24(36-3)16-14-21)31-33(26)19-29(32,2)28(35)30-23-11-5-4-6-12-23/h7-10,13-17,23H,4-6,11-12,18-19H2,1-3H3,(H,30,35). The first-order chi connectivity index (χ1) is 17.4. The van der Waals surface area contributed by atoms with E-state index in [9.17, 15) is 9.59 Å². The van der Waals surface area contributed by atoms with Crippen molar-refractivity contribution in [1.82, 2.24) is 20.0 Å². The Morgan fingerprint density at radius 1 is 1.11 bits per heavy atom. The van der Waals surface area contributed by atoms with Crippen LogP contribution < -0.4 is 10.1 Å². The highest BCUT2D eigenvalue weighted by molar-refractivity contribution is 6.00. The molecule has 1 aromatic heterocycles. The van der Waals surface area contributed by atoms with E-state index in [-0.39, 0.29) is 17.9 Å². The van der Waals surface area contributed by atoms with Crippen molar-refractivity contribution in [1.29, 1.82) is 0 Å². The number of rotatable bonds is 6. The van der Waals surface area contributed by atoms with Crippen LogP contribution in [0.15, 0.2) is 54.6 Å². The predicted octanol–water partition coefficient (Wildman–Crippen LogP) is 4.73. The Balaban J connectivity index is 1.51. The van der Waals surface area contributed by atoms with Gasteiger partial charge in [-0.05, 0) is 68.1 Å². The molecule has 2 heterocycles. The minimum absolute atomic E-state index is 0.108. The number of nitrogens with zero attached hydrogens (tertiary/aromatic N) is 3. The average molecular weight is 487 g/mol. The molecule has 3 aromatic rings. The summed E-state index contributed by atoms with van der Waals surface area (Å²) in [5.41, 5.74) is 3.16. The molecule has 1 unspecified atom stereocenters. The smallest absolute Gasteiger partial charge is 0.273 e. The third-order valence-corrected chi connectivity index (χ3v) is 7.70. The number of aromatic nitrogens is 2. The highest BCUT2D eigenvalue weighted by Gasteiger charge is 2.48. The van der Waals surface area contributed by atoms with E-state index in [0.717, 1.165) is 48.1 Å². The van der Waals surface area contributed by atoms with Gasteiger partial charge in [-0.1, -0.05) is 43.5 Å². The highest BCUT2D eigenvalue weighted by Crippen LogP contribution is 2.33. The molecule has 1 fully saturated rings. The molecular formula is C29H34N4O3. The van der Waals surface area contributed by atoms with Crippen LogP contribution in [-0.2, 0) is 17.9 Å². The van der Waals surface area contributed by atoms with Gasteiger partial charge in [0.15, 0.2) is 0 Å². The van der Waals surface area contributed by atoms with E-state index < -0.39 is 5.54 Å². The number of amides is 2. The predicted molar refractivity (Wildman–Crippen MR) is 139 cm³/mol. The maximum absolute atomic E-state index is 14.0. The number of methoxy groups -OCH3 is 1. The second-order valence-electron chi connectivity index (χ2n) is 10.2. The average Bonchev–Trinajstić information content (AvgIpc) is 3.32. The topological polar surface area (TPSA) is 76.5 Å². The Morgan fingerprint density at radius 2 is 1.83 bits per heavy atom. The summed E-state index contributed by atoms with van der Waals surface area (Å²) < 4.78 is 6.97. The largest absolute Gasteiger partial charge is 0.497 e. The Morgan fingerprint density at radius 3 is 2.53 bits per heavy atom. The maximum Gasteiger partial charge on any atom is 0.273 e. The van der Waals surface area contributed by atoms with Gasteiger partial charge in [0.1, 0.15) is 17.0 Å². The van der Waals surface area contributed by atoms with Gasteiger partial charge < -0.3 is 15.0 Å². The van der Waals surface area contributed by atoms with E-state index >= 15 is 0 Å². The number of hydrogen-bond donors (Lipinski definition) is 1. The first-order valence-corrected chi connectivity index (χ1v) is 12.8. The summed E-state index contributed by atoms with van der Waals surface area (Å²) in [4.78, 5) is 29.5. The van der Waals surface area contributed by atoms with Crippen LogP contribution in [0.25, 0.3) is 11.3 Å². The van der Waals surface area contributed by atoms with Gasteiger partial charge in [0.05, 0.1) is 19.3 Å². The lowest BCUT2D eigenvalue weighted by Crippen LogP contribution is -2.64. The van der Waals surface area contributed by atoms with Gasteiger partial charge >= 0.3 is 0 Å². The molecule has 0 radical (unpaired) electrons. The summed E-state index contributed by atoms with van der Waals surface area (Å²) in [6.45, 7) is 4.58. The van der Waals surface area contributed by atoms with Gasteiger partial charge in [-0.2, -0.15) is 5.10 Å². The second kappa shape index (κ2) is 9.80. The van der Waals surface area contributed by atoms with Crippen molar-refractivity contribution in [3.63, 3.8) is 0 Å². The van der Waals surface area contributed by atoms with Gasteiger partial charge in [-0.15, -0.1) is 0 Å². The summed E-state index contributed by atoms with van der Waals surface area (Å²) in [5, 5.41) is 8.03. The molecule has 1 N–H and O–H groups in total. The van der Waals surface area contributed by atoms with Crippen molar-refractivity contribution in [2.45, 2.75) is 70.6 Å². The quantitative estimate of drug-likeness (QED) is 0.547. The zero-order chi connectivity index (χ0) is 25.3. The van der Waals surface area contributed by atoms with E-state index in [0.29, 0.717) is 24.5 Å². The summed E-state index contributed by atoms with van der Waals surface area (Å²) >= 11 is 0. The number of nitrogens with one attached hydrogen (secondary N) is 1. The molecule has 1 aliphatic heterocycles. The van der Waals surface area contributed by atoms with Gasteiger partial charge in [-0.3, -0.25) is 14.3 Å². The number of benzene rings is 2. The van der Waals surface area contributed by atoms with Crippen molar-refractivity contribution in [3.05, 3.63) is 71.4 Å². The summed E-state index contributed by atoms with van der Waals surface area (Å²) in [7, 11) is 1.63. The van der Waals surface area contributed by atoms with Gasteiger partial charge in [-0.25, -0.2) is 0 Å². The first kappa shape index (κ1) is 24.1. The number of carbonyl (C=O) groups excluding carboxylic acids is 2. The van der Waals surface area contributed by atoms with Crippen LogP contribution in [0.1, 0.15) is 60.6 Å². The monoisotopic (exact) mass is 486 g/mol. The fourth-order valence-corrected chi connectivity index (χ4v) is 5.34. The molecule has 5 rings (SSSR count). The maximum atomic E-state index is 14.0. The van der Waals surface area contributed by atoms with Crippen LogP contribution in [0.4, 0.5) is 0 Å². The molecule has 0 saturated heterocycles. The molecular weight excluding hydrogens is 452 g/mol. The van der Waals surface area contributed by atoms with Crippen LogP contribution >= 0.6 is 0 Å². The molecule has 2 aliphatic rings. The zero-order valence-corrected chi connectivity index (χ0v) is 21.3. The van der Waals surface area contributed by atoms with Crippen molar-refractivity contribution in [3.8, 4) is 17.0 Å². The lowest BCUT2D eigenvalue weighted by molar-refractivity contribution is -0.134. The molecule has 7 nitrogen and oxygen atoms in total. The van der Waals surface area contributed by atoms with E-state index in [1.807, 2.05) is 68.4 Å². The fraction of sp³-hybridized carbons (Fsp3) is 0.414. The van der Waals surface area contributed by atoms with E-state index in [4.69, 9.17) is 9.84 Å². The third kappa shape index (κ3) is 4.50. The number of ether oxygens (including phenoxy) is 1. The van der Waals surface area contributed by atoms with Crippen LogP contribution in [-0.4, -0.2) is 45.2 Å². The Kier molecular flexibility index (Phi) is 6.56. The number of aryl methyl sites for hydroxylation is 1. The van der Waals surface area contributed by atoms with Crippen LogP contribution in [0.5, 0.6) is 5.75 Å². The molecule has 7 heteroatoms. The third-order valence-electron chi connectivity index (χ3n) is 7.70. The highest BCUT2D eigenvalue weighted by atomic mass is 16.5. The van der Waals surface area contributed by atoms with E-state index in [1.165, 1.54) is 6.42 Å². The number of hydrogen-bond acceptors (Lipinski definition) is 4. The van der Waals surface area contributed by atoms with Gasteiger partial charge in [0.25, 0.3) is 5.91 Å². The molecule has 0 spiro atoms. The Labute approximate surface area is 212 Å². The number of fused-ring (bicyclic) bond motifs is 1. The summed E-state index contributed by atoms with van der Waals surface area (Å²) in [6.07, 6.45) is 5.45. The Hall–Kier alpha value is -3.61. The normalized spacial score (nSPS) is 20.2. The summed E-state index contributed by atoms with van der Waals surface area (Å²) in [6, 6.07) is 17.6. The van der Waals surface area contributed by atoms with Gasteiger partial charge in [0, 0.05) is 18.2 Å². The SMILES string of the molecule is COc1ccc(-c2cc3n(n2)CC(C)(C(=O)NC2CCCCC2)N(Cc2ccccc2C)C3=O)cc1. The van der Waals surface area contributed by atoms with Crippen molar-refractivity contribution in [2.24, 2.45) is 0 Å². The molecule has 0 bridgehead atoms. The van der Waals surface area contributed by atoms with Crippen molar-refractivity contribution >= 4 is 11.8 Å². The van der Waals surface area contributed by atoms with E-state index in [1.54, 1.807) is 16.7 Å². The van der Waals surface area contributed by atoms with Gasteiger partial charge in [0.2, 0.25) is 5.91 Å². The van der Waals surface area contributed by atoms with E-state index in [2.05, 4.69) is 5.32 Å². The second-order valence-corrected chi connectivity index (χ2v) is 10.2. The zero-order valence-electron chi connectivity index (χ0n) is 21.3. The molecule has 1 saturated carbocycles. The van der Waals surface area contributed by atoms with Crippen LogP contribution in [0.3, 0.4) is 0 Å². The lowest BCUT2D eigenvalue weighted by atomic mass is 9.91. The molecule has 2 amide bonds. The van der Waals surface area contributed by atoms with Crippen LogP contribution in [0.2, 0.25) is 0 Å². The fourth-order valence-electron chi connectivity index (χ4n) is 5.34. The Bertz CT molecular complexity index is 1260. The molecule has 2 aromatic carbocycles. The molecule has 36 heavy (non-hydrogen) atoms. The molecule has 1 atom stereocenters. The van der Waals surface area contributed by atoms with Crippen LogP contribution in [0, 0.1) is 6.92 Å². The minimum atomic E-state index is -1.06.